The minimum atomic E-state index is -0.207. The average Bonchev–Trinajstić information content (AvgIpc) is 1.27. The molecule has 7 heavy (non-hydrogen) atoms. The van der Waals surface area contributed by atoms with Crippen LogP contribution in [0.25, 0.3) is 0 Å². The topological polar surface area (TPSA) is 23.5 Å². The van der Waals surface area contributed by atoms with Crippen molar-refractivity contribution >= 4 is 22.9 Å². The normalized spacial score (nSPS) is 15.0. The molecule has 0 rings (SSSR count). The second-order valence-electron chi connectivity index (χ2n) is 1.64. The van der Waals surface area contributed by atoms with Gasteiger partial charge in [0.15, 0.2) is 0 Å². The maximum absolute atomic E-state index is 8.68. The van der Waals surface area contributed by atoms with Crippen molar-refractivity contribution < 1.29 is 5.11 Å². The number of aliphatic hydroxyl groups excluding tert-OH is 1. The minimum Gasteiger partial charge on any atom is -0.392 e. The molecular weight excluding hydrogens is 205 g/mol. The summed E-state index contributed by atoms with van der Waals surface area (Å²) in [6.07, 6.45) is -0.207. The summed E-state index contributed by atoms with van der Waals surface area (Å²) in [5.41, 5.74) is 0. The number of hydrogen-bond donors (Lipinski definition) is 1. The van der Waals surface area contributed by atoms with Crippen molar-refractivity contribution in [2.75, 3.05) is 13.6 Å². The molecule has 0 saturated heterocycles. The molecule has 0 aliphatic carbocycles. The van der Waals surface area contributed by atoms with Crippen LogP contribution in [0.2, 0.25) is 0 Å². The molecule has 0 aromatic carbocycles. The van der Waals surface area contributed by atoms with E-state index in [1.165, 1.54) is 0 Å². The van der Waals surface area contributed by atoms with Gasteiger partial charge < -0.3 is 5.11 Å². The summed E-state index contributed by atoms with van der Waals surface area (Å²) < 4.78 is 1.92. The van der Waals surface area contributed by atoms with Gasteiger partial charge in [0.25, 0.3) is 0 Å². The molecule has 0 fully saturated rings. The number of aliphatic hydroxyl groups is 1. The van der Waals surface area contributed by atoms with Crippen molar-refractivity contribution in [1.82, 2.24) is 3.11 Å². The van der Waals surface area contributed by atoms with E-state index in [1.54, 1.807) is 6.92 Å². The lowest BCUT2D eigenvalue weighted by Gasteiger charge is -2.07. The zero-order valence-electron chi connectivity index (χ0n) is 4.56. The Morgan fingerprint density at radius 2 is 2.29 bits per heavy atom. The highest BCUT2D eigenvalue weighted by molar-refractivity contribution is 14.1. The molecule has 3 heteroatoms. The highest BCUT2D eigenvalue weighted by atomic mass is 127. The van der Waals surface area contributed by atoms with E-state index >= 15 is 0 Å². The van der Waals surface area contributed by atoms with Crippen molar-refractivity contribution in [3.8, 4) is 0 Å². The summed E-state index contributed by atoms with van der Waals surface area (Å²) in [5, 5.41) is 8.68. The molecule has 0 amide bonds. The van der Waals surface area contributed by atoms with Gasteiger partial charge in [0.1, 0.15) is 0 Å². The Labute approximate surface area is 58.0 Å². The first kappa shape index (κ1) is 7.65. The number of rotatable bonds is 2. The Kier molecular flexibility index (Phi) is 3.96. The highest BCUT2D eigenvalue weighted by Gasteiger charge is 1.95. The number of likely N-dealkylation sites (N-methyl/N-ethyl adjacent to an activating group) is 1. The van der Waals surface area contributed by atoms with Crippen LogP contribution in [0.3, 0.4) is 0 Å². The molecule has 0 aliphatic heterocycles. The summed E-state index contributed by atoms with van der Waals surface area (Å²) in [5.74, 6) is 0. The predicted molar refractivity (Wildman–Crippen MR) is 38.3 cm³/mol. The highest BCUT2D eigenvalue weighted by Crippen LogP contribution is 1.93. The Balaban J connectivity index is 2.95. The third kappa shape index (κ3) is 6.65. The van der Waals surface area contributed by atoms with Crippen molar-refractivity contribution in [3.63, 3.8) is 0 Å². The van der Waals surface area contributed by atoms with Gasteiger partial charge in [0.2, 0.25) is 0 Å². The molecule has 2 nitrogen and oxygen atoms in total. The van der Waals surface area contributed by atoms with E-state index in [9.17, 15) is 0 Å². The third-order valence-corrected chi connectivity index (χ3v) is 0.910. The monoisotopic (exact) mass is 215 g/mol. The minimum absolute atomic E-state index is 0.207. The van der Waals surface area contributed by atoms with E-state index in [4.69, 9.17) is 5.11 Å². The van der Waals surface area contributed by atoms with Crippen molar-refractivity contribution in [3.05, 3.63) is 0 Å². The lowest BCUT2D eigenvalue weighted by atomic mass is 10.4. The number of hydrogen-bond acceptors (Lipinski definition) is 2. The molecule has 0 radical (unpaired) electrons. The van der Waals surface area contributed by atoms with Crippen LogP contribution in [-0.2, 0) is 0 Å². The Bertz CT molecular complexity index is 41.0. The molecule has 0 aliphatic rings. The van der Waals surface area contributed by atoms with Crippen molar-refractivity contribution in [2.45, 2.75) is 13.0 Å². The fraction of sp³-hybridized carbons (Fsp3) is 1.00. The zero-order chi connectivity index (χ0) is 5.86. The van der Waals surface area contributed by atoms with Gasteiger partial charge in [-0.05, 0) is 14.0 Å². The van der Waals surface area contributed by atoms with Gasteiger partial charge in [0, 0.05) is 29.4 Å². The van der Waals surface area contributed by atoms with Crippen LogP contribution in [0.1, 0.15) is 6.92 Å². The van der Waals surface area contributed by atoms with Gasteiger partial charge in [-0.15, -0.1) is 0 Å². The van der Waals surface area contributed by atoms with Crippen LogP contribution in [0.4, 0.5) is 0 Å². The first-order valence-electron chi connectivity index (χ1n) is 2.18. The van der Waals surface area contributed by atoms with E-state index in [-0.39, 0.29) is 6.10 Å². The lowest BCUT2D eigenvalue weighted by molar-refractivity contribution is 0.179. The van der Waals surface area contributed by atoms with E-state index in [0.717, 1.165) is 6.54 Å². The van der Waals surface area contributed by atoms with Crippen LogP contribution < -0.4 is 0 Å². The first-order valence-corrected chi connectivity index (χ1v) is 3.14. The quantitative estimate of drug-likeness (QED) is 0.540. The van der Waals surface area contributed by atoms with Crippen LogP contribution in [0, 0.1) is 0 Å². The number of halogens is 1. The van der Waals surface area contributed by atoms with Gasteiger partial charge >= 0.3 is 0 Å². The average molecular weight is 215 g/mol. The van der Waals surface area contributed by atoms with Gasteiger partial charge in [0.05, 0.1) is 6.10 Å². The SMILES string of the molecule is C[C@H](O)CN(C)I. The summed E-state index contributed by atoms with van der Waals surface area (Å²) >= 11 is 2.13. The molecule has 0 bridgehead atoms. The molecule has 0 saturated carbocycles. The number of nitrogens with zero attached hydrogens (tertiary/aromatic N) is 1. The van der Waals surface area contributed by atoms with Gasteiger partial charge in [-0.3, -0.25) is 0 Å². The fourth-order valence-corrected chi connectivity index (χ4v) is 0.934. The van der Waals surface area contributed by atoms with Crippen LogP contribution in [0.5, 0.6) is 0 Å². The largest absolute Gasteiger partial charge is 0.392 e. The van der Waals surface area contributed by atoms with Crippen LogP contribution in [0.15, 0.2) is 0 Å². The second kappa shape index (κ2) is 3.63. The Hall–Kier alpha value is 0.650. The maximum Gasteiger partial charge on any atom is 0.0647 e. The maximum atomic E-state index is 8.68. The molecular formula is C4H10INO. The van der Waals surface area contributed by atoms with Crippen molar-refractivity contribution in [1.29, 1.82) is 0 Å². The van der Waals surface area contributed by atoms with Gasteiger partial charge in [-0.1, -0.05) is 0 Å². The Morgan fingerprint density at radius 3 is 2.29 bits per heavy atom. The summed E-state index contributed by atoms with van der Waals surface area (Å²) in [4.78, 5) is 0. The van der Waals surface area contributed by atoms with E-state index < -0.39 is 0 Å². The van der Waals surface area contributed by atoms with Gasteiger partial charge in [-0.25, -0.2) is 3.11 Å². The molecule has 0 heterocycles. The Morgan fingerprint density at radius 1 is 1.86 bits per heavy atom. The molecule has 0 aromatic heterocycles. The molecule has 0 spiro atoms. The summed E-state index contributed by atoms with van der Waals surface area (Å²) in [6, 6.07) is 0. The first-order chi connectivity index (χ1) is 3.13. The zero-order valence-corrected chi connectivity index (χ0v) is 6.71. The van der Waals surface area contributed by atoms with Gasteiger partial charge in [-0.2, -0.15) is 0 Å². The summed E-state index contributed by atoms with van der Waals surface area (Å²) in [6.45, 7) is 2.51. The van der Waals surface area contributed by atoms with Crippen LogP contribution >= 0.6 is 22.9 Å². The van der Waals surface area contributed by atoms with E-state index in [2.05, 4.69) is 22.9 Å². The molecule has 0 aromatic rings. The molecule has 1 N–H and O–H groups in total. The lowest BCUT2D eigenvalue weighted by Crippen LogP contribution is -2.17. The standard InChI is InChI=1S/C4H10INO/c1-4(7)3-6(2)5/h4,7H,3H2,1-2H3/t4-/m0/s1. The smallest absolute Gasteiger partial charge is 0.0647 e. The predicted octanol–water partition coefficient (Wildman–Crippen LogP) is 0.649. The van der Waals surface area contributed by atoms with E-state index in [1.807, 2.05) is 10.2 Å². The van der Waals surface area contributed by atoms with Crippen LogP contribution in [-0.4, -0.2) is 27.9 Å². The van der Waals surface area contributed by atoms with Crippen molar-refractivity contribution in [2.24, 2.45) is 0 Å². The fourth-order valence-electron chi connectivity index (χ4n) is 0.364. The second-order valence-corrected chi connectivity index (χ2v) is 3.28. The molecule has 44 valence electrons. The summed E-state index contributed by atoms with van der Waals surface area (Å²) in [7, 11) is 1.92. The molecule has 0 unspecified atom stereocenters. The molecule has 1 atom stereocenters. The third-order valence-electron chi connectivity index (χ3n) is 0.516. The van der Waals surface area contributed by atoms with E-state index in [0.29, 0.717) is 0 Å².